The van der Waals surface area contributed by atoms with Crippen molar-refractivity contribution in [3.63, 3.8) is 0 Å². The second-order valence-corrected chi connectivity index (χ2v) is 8.33. The Kier molecular flexibility index (Phi) is 5.83. The van der Waals surface area contributed by atoms with Gasteiger partial charge in [0.05, 0.1) is 17.9 Å². The van der Waals surface area contributed by atoms with E-state index in [1.165, 1.54) is 0 Å². The summed E-state index contributed by atoms with van der Waals surface area (Å²) in [6, 6.07) is 36.5. The maximum atomic E-state index is 14.1. The number of hydrogen-bond acceptors (Lipinski definition) is 4. The number of para-hydroxylation sites is 1. The normalized spacial score (nSPS) is 17.3. The predicted octanol–water partition coefficient (Wildman–Crippen LogP) is 4.87. The summed E-state index contributed by atoms with van der Waals surface area (Å²) in [5.74, 6) is 0.0800. The summed E-state index contributed by atoms with van der Waals surface area (Å²) in [5, 5.41) is 19.6. The van der Waals surface area contributed by atoms with Crippen molar-refractivity contribution in [2.45, 2.75) is 12.0 Å². The first-order chi connectivity index (χ1) is 16.7. The summed E-state index contributed by atoms with van der Waals surface area (Å²) >= 11 is 0. The molecule has 0 aliphatic carbocycles. The SMILES string of the molecule is O=C(NCc1ccc(O)cc1)C1(c2ccccc2)CN(c2ccccc2)N=C1c1ccccc1. The standard InChI is InChI=1S/C29H25N3O2/c33-26-18-16-22(17-19-26)20-30-28(34)29(24-12-6-2-7-13-24)21-32(25-14-8-3-9-15-25)31-27(29)23-10-4-1-5-11-23/h1-19,33H,20-21H2,(H,30,34). The van der Waals surface area contributed by atoms with E-state index >= 15 is 0 Å². The molecule has 0 saturated heterocycles. The average molecular weight is 448 g/mol. The van der Waals surface area contributed by atoms with Crippen molar-refractivity contribution >= 4 is 17.3 Å². The number of hydrogen-bond donors (Lipinski definition) is 2. The van der Waals surface area contributed by atoms with E-state index in [1.54, 1.807) is 12.1 Å². The Balaban J connectivity index is 1.59. The molecule has 1 atom stereocenters. The summed E-state index contributed by atoms with van der Waals surface area (Å²) in [6.45, 7) is 0.730. The van der Waals surface area contributed by atoms with Crippen LogP contribution in [0.4, 0.5) is 5.69 Å². The van der Waals surface area contributed by atoms with Gasteiger partial charge in [0.25, 0.3) is 0 Å². The molecule has 0 aromatic heterocycles. The van der Waals surface area contributed by atoms with Gasteiger partial charge in [-0.2, -0.15) is 5.10 Å². The molecular formula is C29H25N3O2. The largest absolute Gasteiger partial charge is 0.508 e. The lowest BCUT2D eigenvalue weighted by atomic mass is 9.73. The van der Waals surface area contributed by atoms with E-state index in [0.717, 1.165) is 22.4 Å². The number of nitrogens with zero attached hydrogens (tertiary/aromatic N) is 2. The van der Waals surface area contributed by atoms with Crippen LogP contribution in [0.15, 0.2) is 120 Å². The minimum atomic E-state index is -1.00. The maximum Gasteiger partial charge on any atom is 0.239 e. The molecule has 1 unspecified atom stereocenters. The smallest absolute Gasteiger partial charge is 0.239 e. The van der Waals surface area contributed by atoms with E-state index in [2.05, 4.69) is 5.32 Å². The fourth-order valence-corrected chi connectivity index (χ4v) is 4.40. The molecule has 4 aromatic rings. The Bertz CT molecular complexity index is 1290. The van der Waals surface area contributed by atoms with Crippen molar-refractivity contribution in [3.05, 3.63) is 132 Å². The van der Waals surface area contributed by atoms with Crippen molar-refractivity contribution in [1.29, 1.82) is 0 Å². The van der Waals surface area contributed by atoms with Gasteiger partial charge in [-0.1, -0.05) is 91.0 Å². The molecule has 2 N–H and O–H groups in total. The Morgan fingerprint density at radius 1 is 0.824 bits per heavy atom. The average Bonchev–Trinajstić information content (AvgIpc) is 3.32. The molecule has 5 rings (SSSR count). The number of carbonyl (C=O) groups excluding carboxylic acids is 1. The third-order valence-corrected chi connectivity index (χ3v) is 6.16. The lowest BCUT2D eigenvalue weighted by Gasteiger charge is -2.30. The van der Waals surface area contributed by atoms with Crippen molar-refractivity contribution in [2.75, 3.05) is 11.6 Å². The van der Waals surface area contributed by atoms with Gasteiger partial charge in [0.15, 0.2) is 0 Å². The van der Waals surface area contributed by atoms with Crippen LogP contribution in [0.3, 0.4) is 0 Å². The molecule has 168 valence electrons. The molecule has 4 aromatic carbocycles. The first-order valence-electron chi connectivity index (χ1n) is 11.3. The zero-order valence-electron chi connectivity index (χ0n) is 18.6. The zero-order valence-corrected chi connectivity index (χ0v) is 18.6. The predicted molar refractivity (Wildman–Crippen MR) is 135 cm³/mol. The molecule has 1 amide bonds. The van der Waals surface area contributed by atoms with Crippen molar-refractivity contribution < 1.29 is 9.90 Å². The highest BCUT2D eigenvalue weighted by Crippen LogP contribution is 2.38. The van der Waals surface area contributed by atoms with Gasteiger partial charge in [-0.05, 0) is 41.0 Å². The van der Waals surface area contributed by atoms with Crippen molar-refractivity contribution in [3.8, 4) is 5.75 Å². The van der Waals surface area contributed by atoms with Gasteiger partial charge in [-0.25, -0.2) is 0 Å². The highest BCUT2D eigenvalue weighted by atomic mass is 16.3. The van der Waals surface area contributed by atoms with E-state index in [4.69, 9.17) is 5.10 Å². The quantitative estimate of drug-likeness (QED) is 0.443. The number of nitrogens with one attached hydrogen (secondary N) is 1. The molecule has 5 heteroatoms. The number of amides is 1. The van der Waals surface area contributed by atoms with Gasteiger partial charge in [0.1, 0.15) is 11.2 Å². The third kappa shape index (κ3) is 4.04. The van der Waals surface area contributed by atoms with Crippen molar-refractivity contribution in [2.24, 2.45) is 5.10 Å². The van der Waals surface area contributed by atoms with Gasteiger partial charge >= 0.3 is 0 Å². The lowest BCUT2D eigenvalue weighted by molar-refractivity contribution is -0.124. The van der Waals surface area contributed by atoms with E-state index in [-0.39, 0.29) is 11.7 Å². The lowest BCUT2D eigenvalue weighted by Crippen LogP contribution is -2.52. The van der Waals surface area contributed by atoms with Gasteiger partial charge in [0, 0.05) is 6.54 Å². The Morgan fingerprint density at radius 3 is 2.06 bits per heavy atom. The summed E-state index contributed by atoms with van der Waals surface area (Å²) in [6.07, 6.45) is 0. The van der Waals surface area contributed by atoms with Crippen LogP contribution in [0.25, 0.3) is 0 Å². The molecular weight excluding hydrogens is 422 g/mol. The second-order valence-electron chi connectivity index (χ2n) is 8.33. The minimum absolute atomic E-state index is 0.118. The van der Waals surface area contributed by atoms with Gasteiger partial charge in [-0.15, -0.1) is 0 Å². The monoisotopic (exact) mass is 447 g/mol. The van der Waals surface area contributed by atoms with E-state index in [9.17, 15) is 9.90 Å². The zero-order chi connectivity index (χ0) is 23.4. The number of hydrazone groups is 1. The molecule has 0 fully saturated rings. The maximum absolute atomic E-state index is 14.1. The summed E-state index contributed by atoms with van der Waals surface area (Å²) in [7, 11) is 0. The molecule has 0 bridgehead atoms. The second kappa shape index (κ2) is 9.24. The molecule has 1 aliphatic rings. The highest BCUT2D eigenvalue weighted by molar-refractivity contribution is 6.23. The van der Waals surface area contributed by atoms with Crippen LogP contribution in [0.2, 0.25) is 0 Å². The van der Waals surface area contributed by atoms with E-state index < -0.39 is 5.41 Å². The van der Waals surface area contributed by atoms with Gasteiger partial charge in [0.2, 0.25) is 5.91 Å². The van der Waals surface area contributed by atoms with E-state index in [0.29, 0.717) is 18.8 Å². The van der Waals surface area contributed by atoms with Crippen LogP contribution in [0.1, 0.15) is 16.7 Å². The fourth-order valence-electron chi connectivity index (χ4n) is 4.40. The minimum Gasteiger partial charge on any atom is -0.508 e. The topological polar surface area (TPSA) is 64.9 Å². The molecule has 0 spiro atoms. The number of rotatable bonds is 6. The third-order valence-electron chi connectivity index (χ3n) is 6.16. The van der Waals surface area contributed by atoms with Crippen LogP contribution in [0, 0.1) is 0 Å². The van der Waals surface area contributed by atoms with Crippen molar-refractivity contribution in [1.82, 2.24) is 5.32 Å². The Morgan fingerprint density at radius 2 is 1.41 bits per heavy atom. The van der Waals surface area contributed by atoms with Crippen LogP contribution in [-0.2, 0) is 16.8 Å². The summed E-state index contributed by atoms with van der Waals surface area (Å²) < 4.78 is 0. The first-order valence-corrected chi connectivity index (χ1v) is 11.3. The number of benzene rings is 4. The molecule has 1 aliphatic heterocycles. The van der Waals surface area contributed by atoms with Gasteiger partial charge < -0.3 is 10.4 Å². The fraction of sp³-hybridized carbons (Fsp3) is 0.103. The molecule has 0 saturated carbocycles. The van der Waals surface area contributed by atoms with Crippen LogP contribution >= 0.6 is 0 Å². The van der Waals surface area contributed by atoms with Gasteiger partial charge in [-0.3, -0.25) is 9.80 Å². The van der Waals surface area contributed by atoms with Crippen LogP contribution < -0.4 is 10.3 Å². The Labute approximate surface area is 199 Å². The number of aromatic hydroxyl groups is 1. The summed E-state index contributed by atoms with van der Waals surface area (Å²) in [5.41, 5.74) is 3.34. The molecule has 1 heterocycles. The summed E-state index contributed by atoms with van der Waals surface area (Å²) in [4.78, 5) is 14.1. The molecule has 0 radical (unpaired) electrons. The molecule has 34 heavy (non-hydrogen) atoms. The number of phenolic OH excluding ortho intramolecular Hbond substituents is 1. The Hall–Kier alpha value is -4.38. The van der Waals surface area contributed by atoms with E-state index in [1.807, 2.05) is 108 Å². The van der Waals surface area contributed by atoms with Crippen LogP contribution in [-0.4, -0.2) is 23.3 Å². The first kappa shape index (κ1) is 21.5. The number of anilines is 1. The number of phenols is 1. The number of carbonyl (C=O) groups is 1. The van der Waals surface area contributed by atoms with Crippen LogP contribution in [0.5, 0.6) is 5.75 Å². The highest BCUT2D eigenvalue weighted by Gasteiger charge is 2.51. The molecule has 5 nitrogen and oxygen atoms in total.